The normalized spacial score (nSPS) is 52.2. The van der Waals surface area contributed by atoms with E-state index in [0.717, 1.165) is 30.1 Å². The Hall–Kier alpha value is -0.570. The average Bonchev–Trinajstić information content (AvgIpc) is 2.91. The van der Waals surface area contributed by atoms with E-state index in [9.17, 15) is 4.79 Å². The number of rotatable bonds is 1. The predicted octanol–water partition coefficient (Wildman–Crippen LogP) is 4.03. The van der Waals surface area contributed by atoms with Crippen LogP contribution in [0, 0.1) is 40.4 Å². The first-order valence-corrected chi connectivity index (χ1v) is 10.0. The molecule has 4 rings (SSSR count). The fourth-order valence-corrected chi connectivity index (χ4v) is 7.83. The van der Waals surface area contributed by atoms with Crippen LogP contribution in [0.2, 0.25) is 0 Å². The molecule has 7 atom stereocenters. The average molecular weight is 319 g/mol. The smallest absolute Gasteiger partial charge is 0.237 e. The molecule has 0 aromatic carbocycles. The van der Waals surface area contributed by atoms with Gasteiger partial charge in [-0.1, -0.05) is 26.7 Å². The van der Waals surface area contributed by atoms with Crippen LogP contribution >= 0.6 is 0 Å². The van der Waals surface area contributed by atoms with Crippen LogP contribution in [-0.2, 0) is 4.79 Å². The number of hydrogen-bond acceptors (Lipinski definition) is 2. The number of fused-ring (bicyclic) bond motifs is 5. The molecule has 0 bridgehead atoms. The highest BCUT2D eigenvalue weighted by Crippen LogP contribution is 2.67. The van der Waals surface area contributed by atoms with Crippen LogP contribution in [-0.4, -0.2) is 5.91 Å². The summed E-state index contributed by atoms with van der Waals surface area (Å²) in [7, 11) is 0. The molecule has 3 N–H and O–H groups in total. The molecule has 23 heavy (non-hydrogen) atoms. The molecule has 3 heteroatoms. The van der Waals surface area contributed by atoms with E-state index in [1.807, 2.05) is 0 Å². The molecule has 1 amide bonds. The molecule has 0 aliphatic heterocycles. The fraction of sp³-hybridized carbons (Fsp3) is 0.950. The minimum Gasteiger partial charge on any atom is -0.294 e. The molecular formula is C20H34N2O. The highest BCUT2D eigenvalue weighted by atomic mass is 16.2. The number of nitrogens with two attached hydrogens (primary N) is 1. The van der Waals surface area contributed by atoms with E-state index in [-0.39, 0.29) is 17.2 Å². The molecule has 4 aliphatic carbocycles. The van der Waals surface area contributed by atoms with Crippen molar-refractivity contribution in [2.24, 2.45) is 46.3 Å². The number of amides is 1. The molecule has 7 unspecified atom stereocenters. The van der Waals surface area contributed by atoms with Crippen LogP contribution in [0.15, 0.2) is 0 Å². The van der Waals surface area contributed by atoms with Gasteiger partial charge in [0, 0.05) is 5.92 Å². The zero-order chi connectivity index (χ0) is 16.2. The minimum absolute atomic E-state index is 0.0889. The van der Waals surface area contributed by atoms with Gasteiger partial charge in [0.2, 0.25) is 5.91 Å². The van der Waals surface area contributed by atoms with Gasteiger partial charge in [0.1, 0.15) is 0 Å². The lowest BCUT2D eigenvalue weighted by Crippen LogP contribution is -2.54. The summed E-state index contributed by atoms with van der Waals surface area (Å²) in [6, 6.07) is 0. The zero-order valence-electron chi connectivity index (χ0n) is 14.9. The van der Waals surface area contributed by atoms with E-state index in [0.29, 0.717) is 5.41 Å². The van der Waals surface area contributed by atoms with Gasteiger partial charge in [-0.15, -0.1) is 0 Å². The highest BCUT2D eigenvalue weighted by molar-refractivity contribution is 5.79. The molecule has 0 radical (unpaired) electrons. The summed E-state index contributed by atoms with van der Waals surface area (Å²) in [4.78, 5) is 12.3. The lowest BCUT2D eigenvalue weighted by atomic mass is 9.45. The van der Waals surface area contributed by atoms with Crippen molar-refractivity contribution in [3.05, 3.63) is 0 Å². The standard InChI is InChI=1S/C20H34N2O/c1-19-11-4-3-5-13(19)6-7-14-15-8-9-17(18(23)22-21)20(15,2)12-10-16(14)19/h13-17H,3-12,21H2,1-2H3,(H,22,23). The summed E-state index contributed by atoms with van der Waals surface area (Å²) >= 11 is 0. The summed E-state index contributed by atoms with van der Waals surface area (Å²) < 4.78 is 0. The number of hydrazine groups is 1. The quantitative estimate of drug-likeness (QED) is 0.436. The third kappa shape index (κ3) is 2.14. The summed E-state index contributed by atoms with van der Waals surface area (Å²) in [6.45, 7) is 5.02. The Balaban J connectivity index is 1.61. The molecule has 0 aromatic rings. The molecule has 4 saturated carbocycles. The summed E-state index contributed by atoms with van der Waals surface area (Å²) in [5.74, 6) is 9.22. The fourth-order valence-electron chi connectivity index (χ4n) is 7.83. The molecule has 3 nitrogen and oxygen atoms in total. The van der Waals surface area contributed by atoms with Gasteiger partial charge in [0.15, 0.2) is 0 Å². The van der Waals surface area contributed by atoms with Crippen LogP contribution in [0.3, 0.4) is 0 Å². The number of carbonyl (C=O) groups is 1. The monoisotopic (exact) mass is 318 g/mol. The van der Waals surface area contributed by atoms with Crippen LogP contribution in [0.1, 0.15) is 78.1 Å². The van der Waals surface area contributed by atoms with Crippen molar-refractivity contribution in [2.75, 3.05) is 0 Å². The summed E-state index contributed by atoms with van der Waals surface area (Å²) in [5, 5.41) is 0. The van der Waals surface area contributed by atoms with Gasteiger partial charge >= 0.3 is 0 Å². The van der Waals surface area contributed by atoms with Gasteiger partial charge in [0.05, 0.1) is 0 Å². The Labute approximate surface area is 141 Å². The second kappa shape index (κ2) is 5.47. The zero-order valence-corrected chi connectivity index (χ0v) is 14.9. The number of carbonyl (C=O) groups excluding carboxylic acids is 1. The van der Waals surface area contributed by atoms with Crippen LogP contribution in [0.4, 0.5) is 0 Å². The van der Waals surface area contributed by atoms with Crippen LogP contribution in [0.5, 0.6) is 0 Å². The van der Waals surface area contributed by atoms with E-state index in [1.165, 1.54) is 57.8 Å². The maximum atomic E-state index is 12.3. The largest absolute Gasteiger partial charge is 0.294 e. The topological polar surface area (TPSA) is 55.1 Å². The van der Waals surface area contributed by atoms with Gasteiger partial charge in [0.25, 0.3) is 0 Å². The Morgan fingerprint density at radius 1 is 0.913 bits per heavy atom. The summed E-state index contributed by atoms with van der Waals surface area (Å²) in [5.41, 5.74) is 3.24. The molecular weight excluding hydrogens is 284 g/mol. The number of nitrogens with one attached hydrogen (secondary N) is 1. The Morgan fingerprint density at radius 3 is 2.48 bits per heavy atom. The van der Waals surface area contributed by atoms with Gasteiger partial charge in [-0.2, -0.15) is 0 Å². The van der Waals surface area contributed by atoms with Crippen molar-refractivity contribution in [1.82, 2.24) is 5.43 Å². The van der Waals surface area contributed by atoms with E-state index in [1.54, 1.807) is 0 Å². The Morgan fingerprint density at radius 2 is 1.70 bits per heavy atom. The molecule has 0 saturated heterocycles. The highest BCUT2D eigenvalue weighted by Gasteiger charge is 2.60. The van der Waals surface area contributed by atoms with Crippen molar-refractivity contribution in [3.8, 4) is 0 Å². The van der Waals surface area contributed by atoms with Crippen molar-refractivity contribution in [3.63, 3.8) is 0 Å². The molecule has 4 aliphatic rings. The minimum atomic E-state index is 0.0889. The lowest BCUT2D eigenvalue weighted by molar-refractivity contribution is -0.137. The molecule has 4 fully saturated rings. The third-order valence-corrected chi connectivity index (χ3v) is 9.04. The van der Waals surface area contributed by atoms with Crippen LogP contribution in [0.25, 0.3) is 0 Å². The molecule has 0 aromatic heterocycles. The van der Waals surface area contributed by atoms with Crippen molar-refractivity contribution in [1.29, 1.82) is 0 Å². The summed E-state index contributed by atoms with van der Waals surface area (Å²) in [6.07, 6.45) is 13.6. The molecule has 130 valence electrons. The van der Waals surface area contributed by atoms with Gasteiger partial charge in [-0.25, -0.2) is 5.84 Å². The Bertz CT molecular complexity index is 492. The molecule has 0 spiro atoms. The predicted molar refractivity (Wildman–Crippen MR) is 92.2 cm³/mol. The first-order valence-electron chi connectivity index (χ1n) is 10.0. The Kier molecular flexibility index (Phi) is 3.79. The van der Waals surface area contributed by atoms with Crippen molar-refractivity contribution < 1.29 is 4.79 Å². The van der Waals surface area contributed by atoms with Crippen LogP contribution < -0.4 is 11.3 Å². The SMILES string of the molecule is CC12CCCCC1CCC1C2CCC2(C)C(C(=O)NN)CCC12. The molecule has 0 heterocycles. The van der Waals surface area contributed by atoms with Gasteiger partial charge in [-0.3, -0.25) is 10.2 Å². The lowest BCUT2D eigenvalue weighted by Gasteiger charge is -2.60. The van der Waals surface area contributed by atoms with E-state index in [2.05, 4.69) is 19.3 Å². The van der Waals surface area contributed by atoms with Gasteiger partial charge < -0.3 is 0 Å². The van der Waals surface area contributed by atoms with E-state index >= 15 is 0 Å². The second-order valence-electron chi connectivity index (χ2n) is 9.59. The maximum absolute atomic E-state index is 12.3. The first kappa shape index (κ1) is 15.9. The van der Waals surface area contributed by atoms with Crippen molar-refractivity contribution in [2.45, 2.75) is 78.1 Å². The van der Waals surface area contributed by atoms with E-state index < -0.39 is 0 Å². The van der Waals surface area contributed by atoms with Gasteiger partial charge in [-0.05, 0) is 85.9 Å². The maximum Gasteiger partial charge on any atom is 0.237 e. The van der Waals surface area contributed by atoms with Crippen molar-refractivity contribution >= 4 is 5.91 Å². The van der Waals surface area contributed by atoms with E-state index in [4.69, 9.17) is 5.84 Å². The first-order chi connectivity index (χ1) is 11.0. The number of hydrogen-bond donors (Lipinski definition) is 2. The second-order valence-corrected chi connectivity index (χ2v) is 9.59. The third-order valence-electron chi connectivity index (χ3n) is 9.04.